The molecule has 0 aliphatic carbocycles. The summed E-state index contributed by atoms with van der Waals surface area (Å²) < 4.78 is 68.1. The fourth-order valence-electron chi connectivity index (χ4n) is 0.663. The van der Waals surface area contributed by atoms with Crippen LogP contribution in [0.1, 0.15) is 0 Å². The number of rotatable bonds is 1. The Kier molecular flexibility index (Phi) is 11.4. The van der Waals surface area contributed by atoms with Crippen LogP contribution in [-0.2, 0) is 21.9 Å². The predicted octanol–water partition coefficient (Wildman–Crippen LogP) is 4.86. The number of allylic oxidation sites excluding steroid dienone is 2. The number of halogens is 6. The van der Waals surface area contributed by atoms with Crippen molar-refractivity contribution in [2.24, 2.45) is 0 Å². The van der Waals surface area contributed by atoms with Crippen LogP contribution in [0.5, 0.6) is 0 Å². The molecule has 0 heterocycles. The molecule has 0 aromatic carbocycles. The van der Waals surface area contributed by atoms with Gasteiger partial charge in [0.2, 0.25) is 5.76 Å². The first-order valence-electron chi connectivity index (χ1n) is 6.39. The molecule has 0 bridgehead atoms. The third-order valence-corrected chi connectivity index (χ3v) is 3.65. The maximum Gasteiger partial charge on any atom is 0.454 e. The number of alkyl halides is 6. The summed E-state index contributed by atoms with van der Waals surface area (Å²) in [5, 5.41) is 7.93. The molecule has 11 heteroatoms. The third-order valence-electron chi connectivity index (χ3n) is 1.65. The quantitative estimate of drug-likeness (QED) is 0.207. The van der Waals surface area contributed by atoms with Gasteiger partial charge in [0.1, 0.15) is 16.1 Å². The summed E-state index contributed by atoms with van der Waals surface area (Å²) in [6.45, 7) is 13.8. The van der Waals surface area contributed by atoms with Gasteiger partial charge in [0.15, 0.2) is 0 Å². The maximum absolute atomic E-state index is 11.4. The van der Waals surface area contributed by atoms with Gasteiger partial charge in [0, 0.05) is 23.1 Å². The minimum absolute atomic E-state index is 0. The van der Waals surface area contributed by atoms with E-state index in [1.807, 2.05) is 0 Å². The average Bonchev–Trinajstić information content (AvgIpc) is 2.22. The molecular weight excluding hydrogens is 422 g/mol. The van der Waals surface area contributed by atoms with Crippen LogP contribution in [0, 0.1) is 11.1 Å². The fraction of sp³-hybridized carbons (Fsp3) is 0.615. The second-order valence-electron chi connectivity index (χ2n) is 6.64. The molecule has 0 aliphatic heterocycles. The molecule has 0 spiro atoms. The summed E-state index contributed by atoms with van der Waals surface area (Å²) >= 11 is 0. The van der Waals surface area contributed by atoms with E-state index in [0.29, 0.717) is 0 Å². The van der Waals surface area contributed by atoms with Gasteiger partial charge in [0.25, 0.3) is 5.78 Å². The monoisotopic (exact) mass is 441 g/mol. The molecule has 2 nitrogen and oxygen atoms in total. The Morgan fingerprint density at radius 1 is 0.833 bits per heavy atom. The molecule has 145 valence electrons. The van der Waals surface area contributed by atoms with E-state index < -0.39 is 46.1 Å². The van der Waals surface area contributed by atoms with Crippen LogP contribution in [0.15, 0.2) is 11.8 Å². The van der Waals surface area contributed by atoms with Crippen LogP contribution in [0.4, 0.5) is 26.3 Å². The zero-order valence-electron chi connectivity index (χ0n) is 14.0. The number of carbonyl (C=O) groups is 1. The Hall–Kier alpha value is -0.697. The van der Waals surface area contributed by atoms with Crippen molar-refractivity contribution in [3.8, 4) is 11.1 Å². The molecule has 0 aliphatic rings. The number of carbonyl (C=O) groups excluding carboxylic acids is 1. The van der Waals surface area contributed by atoms with E-state index in [9.17, 15) is 31.1 Å². The summed E-state index contributed by atoms with van der Waals surface area (Å²) in [4.78, 5) is 9.86. The molecule has 1 radical (unpaired) electrons. The summed E-state index contributed by atoms with van der Waals surface area (Å²) in [5.41, 5.74) is 6.82. The Morgan fingerprint density at radius 2 is 1.12 bits per heavy atom. The molecule has 0 aromatic rings. The second-order valence-corrected chi connectivity index (χ2v) is 16.1. The van der Waals surface area contributed by atoms with Gasteiger partial charge in [-0.2, -0.15) is 26.3 Å². The van der Waals surface area contributed by atoms with E-state index in [1.165, 1.54) is 0 Å². The zero-order chi connectivity index (χ0) is 19.3. The smallest absolute Gasteiger partial charge is 0.454 e. The first-order valence-corrected chi connectivity index (χ1v) is 13.4. The van der Waals surface area contributed by atoms with Crippen molar-refractivity contribution in [1.29, 1.82) is 0 Å². The summed E-state index contributed by atoms with van der Waals surface area (Å²) in [6, 6.07) is 0. The van der Waals surface area contributed by atoms with E-state index in [-0.39, 0.29) is 17.1 Å². The van der Waals surface area contributed by atoms with Crippen molar-refractivity contribution in [3.05, 3.63) is 11.8 Å². The third kappa shape index (κ3) is 17.7. The minimum atomic E-state index is -5.42. The van der Waals surface area contributed by atoms with Crippen LogP contribution in [0.25, 0.3) is 0 Å². The Labute approximate surface area is 150 Å². The molecule has 0 amide bonds. The van der Waals surface area contributed by atoms with E-state index >= 15 is 0 Å². The van der Waals surface area contributed by atoms with Crippen LogP contribution >= 0.6 is 0 Å². The van der Waals surface area contributed by atoms with Crippen LogP contribution in [-0.4, -0.2) is 39.4 Å². The molecule has 24 heavy (non-hydrogen) atoms. The Morgan fingerprint density at radius 3 is 1.29 bits per heavy atom. The standard InChI is InChI=1S/C8H18Si2.C5H2F6O2.Cu/c1-9(2,3)7-8-10(4,5)6;6-4(7,8)2(12)1-3(13)5(9,10)11;/h1-6H3;1,12H;. The number of hydrogen-bond donors (Lipinski definition) is 1. The first-order chi connectivity index (χ1) is 9.76. The van der Waals surface area contributed by atoms with Gasteiger partial charge in [-0.15, -0.1) is 11.1 Å². The SMILES string of the molecule is C[Si](C)(C)C#C[Si](C)(C)C.O=C(C=C(O)C(F)(F)F)C(F)(F)F.[Cu]. The Balaban J connectivity index is -0.000000364. The molecular formula is C13H20CuF6O2Si2. The number of aliphatic hydroxyl groups is 1. The van der Waals surface area contributed by atoms with Crippen molar-refractivity contribution in [2.45, 2.75) is 51.6 Å². The molecule has 0 saturated heterocycles. The van der Waals surface area contributed by atoms with Gasteiger partial charge in [-0.3, -0.25) is 4.79 Å². The van der Waals surface area contributed by atoms with Crippen LogP contribution in [0.2, 0.25) is 39.3 Å². The number of aliphatic hydroxyl groups excluding tert-OH is 1. The molecule has 0 fully saturated rings. The Bertz CT molecular complexity index is 484. The van der Waals surface area contributed by atoms with Crippen molar-refractivity contribution >= 4 is 21.9 Å². The number of ketones is 1. The molecule has 0 saturated carbocycles. The van der Waals surface area contributed by atoms with Crippen molar-refractivity contribution in [2.75, 3.05) is 0 Å². The topological polar surface area (TPSA) is 37.3 Å². The minimum Gasteiger partial charge on any atom is -0.504 e. The van der Waals surface area contributed by atoms with Gasteiger partial charge in [-0.1, -0.05) is 39.3 Å². The van der Waals surface area contributed by atoms with E-state index in [4.69, 9.17) is 5.11 Å². The average molecular weight is 442 g/mol. The molecule has 0 rings (SSSR count). The molecule has 0 unspecified atom stereocenters. The summed E-state index contributed by atoms with van der Waals surface area (Å²) in [5.74, 6) is -5.34. The van der Waals surface area contributed by atoms with E-state index in [0.717, 1.165) is 0 Å². The predicted molar refractivity (Wildman–Crippen MR) is 82.3 cm³/mol. The van der Waals surface area contributed by atoms with Crippen LogP contribution in [0.3, 0.4) is 0 Å². The maximum atomic E-state index is 11.4. The van der Waals surface area contributed by atoms with Gasteiger partial charge < -0.3 is 5.11 Å². The largest absolute Gasteiger partial charge is 0.504 e. The summed E-state index contributed by atoms with van der Waals surface area (Å²) in [6.07, 6.45) is -11.7. The van der Waals surface area contributed by atoms with Crippen LogP contribution < -0.4 is 0 Å². The van der Waals surface area contributed by atoms with Crippen molar-refractivity contribution in [1.82, 2.24) is 0 Å². The molecule has 0 aromatic heterocycles. The van der Waals surface area contributed by atoms with Gasteiger partial charge in [-0.25, -0.2) is 0 Å². The fourth-order valence-corrected chi connectivity index (χ4v) is 3.66. The first kappa shape index (κ1) is 28.1. The normalized spacial score (nSPS) is 12.9. The van der Waals surface area contributed by atoms with Crippen molar-refractivity contribution in [3.63, 3.8) is 0 Å². The van der Waals surface area contributed by atoms with E-state index in [2.05, 4.69) is 50.4 Å². The van der Waals surface area contributed by atoms with Crippen molar-refractivity contribution < 1.29 is 53.3 Å². The zero-order valence-corrected chi connectivity index (χ0v) is 16.9. The number of hydrogen-bond acceptors (Lipinski definition) is 2. The second kappa shape index (κ2) is 9.70. The van der Waals surface area contributed by atoms with Gasteiger partial charge >= 0.3 is 12.4 Å². The summed E-state index contributed by atoms with van der Waals surface area (Å²) in [7, 11) is -2.19. The molecule has 0 atom stereocenters. The van der Waals surface area contributed by atoms with E-state index in [1.54, 1.807) is 0 Å². The van der Waals surface area contributed by atoms with Gasteiger partial charge in [0.05, 0.1) is 0 Å². The van der Waals surface area contributed by atoms with Gasteiger partial charge in [-0.05, 0) is 0 Å². The molecule has 1 N–H and O–H groups in total.